The van der Waals surface area contributed by atoms with Gasteiger partial charge in [-0.05, 0) is 55.5 Å². The Morgan fingerprint density at radius 2 is 1.90 bits per heavy atom. The summed E-state index contributed by atoms with van der Waals surface area (Å²) < 4.78 is 5.19. The maximum absolute atomic E-state index is 12.7. The number of nitrogens with one attached hydrogen (secondary N) is 2. The van der Waals surface area contributed by atoms with Crippen molar-refractivity contribution < 1.29 is 14.3 Å². The Bertz CT molecular complexity index is 969. The largest absolute Gasteiger partial charge is 0.497 e. The van der Waals surface area contributed by atoms with Crippen molar-refractivity contribution in [3.63, 3.8) is 0 Å². The number of ether oxygens (including phenoxy) is 1. The molecule has 2 amide bonds. The van der Waals surface area contributed by atoms with Crippen molar-refractivity contribution in [3.05, 3.63) is 70.1 Å². The zero-order valence-electron chi connectivity index (χ0n) is 17.9. The molecule has 3 unspecified atom stereocenters. The lowest BCUT2D eigenvalue weighted by molar-refractivity contribution is -0.127. The van der Waals surface area contributed by atoms with E-state index in [0.29, 0.717) is 18.2 Å². The van der Waals surface area contributed by atoms with Gasteiger partial charge >= 0.3 is 0 Å². The summed E-state index contributed by atoms with van der Waals surface area (Å²) in [5.74, 6) is 0.766. The second kappa shape index (κ2) is 9.60. The first-order valence-corrected chi connectivity index (χ1v) is 11.6. The zero-order valence-corrected chi connectivity index (χ0v) is 18.7. The number of hydrogen-bond acceptors (Lipinski definition) is 4. The van der Waals surface area contributed by atoms with Crippen molar-refractivity contribution in [1.82, 2.24) is 10.6 Å². The third kappa shape index (κ3) is 5.31. The lowest BCUT2D eigenvalue weighted by Gasteiger charge is -2.39. The molecule has 2 aliphatic rings. The topological polar surface area (TPSA) is 67.4 Å². The second-order valence-electron chi connectivity index (χ2n) is 8.23. The fourth-order valence-corrected chi connectivity index (χ4v) is 5.41. The number of carbonyl (C=O) groups is 2. The van der Waals surface area contributed by atoms with Gasteiger partial charge in [-0.2, -0.15) is 0 Å². The number of carbonyl (C=O) groups excluding carboxylic acids is 2. The summed E-state index contributed by atoms with van der Waals surface area (Å²) in [7, 11) is 1.64. The van der Waals surface area contributed by atoms with Gasteiger partial charge in [-0.15, -0.1) is 11.8 Å². The average molecular weight is 437 g/mol. The Morgan fingerprint density at radius 3 is 2.61 bits per heavy atom. The third-order valence-corrected chi connectivity index (χ3v) is 7.40. The maximum atomic E-state index is 12.7. The van der Waals surface area contributed by atoms with Crippen molar-refractivity contribution >= 4 is 29.7 Å². The van der Waals surface area contributed by atoms with Crippen molar-refractivity contribution in [2.45, 2.75) is 44.0 Å². The Kier molecular flexibility index (Phi) is 6.66. The predicted octanol–water partition coefficient (Wildman–Crippen LogP) is 4.06. The van der Waals surface area contributed by atoms with Gasteiger partial charge in [0.2, 0.25) is 5.91 Å². The van der Waals surface area contributed by atoms with Crippen LogP contribution in [-0.4, -0.2) is 30.2 Å². The van der Waals surface area contributed by atoms with Crippen molar-refractivity contribution in [1.29, 1.82) is 0 Å². The first-order chi connectivity index (χ1) is 15.0. The van der Waals surface area contributed by atoms with E-state index in [4.69, 9.17) is 4.74 Å². The lowest BCUT2D eigenvalue weighted by Crippen LogP contribution is -2.51. The van der Waals surface area contributed by atoms with Crippen LogP contribution in [0.2, 0.25) is 0 Å². The van der Waals surface area contributed by atoms with Crippen molar-refractivity contribution in [2.24, 2.45) is 5.92 Å². The van der Waals surface area contributed by atoms with Gasteiger partial charge in [0, 0.05) is 23.8 Å². The van der Waals surface area contributed by atoms with Crippen LogP contribution in [0.3, 0.4) is 0 Å². The van der Waals surface area contributed by atoms with E-state index in [1.54, 1.807) is 18.9 Å². The Labute approximate surface area is 187 Å². The van der Waals surface area contributed by atoms with Crippen LogP contribution in [0.15, 0.2) is 53.4 Å². The van der Waals surface area contributed by atoms with E-state index in [1.807, 2.05) is 42.5 Å². The van der Waals surface area contributed by atoms with Crippen LogP contribution in [0.1, 0.15) is 36.0 Å². The van der Waals surface area contributed by atoms with Gasteiger partial charge in [0.25, 0.3) is 5.91 Å². The van der Waals surface area contributed by atoms with Crippen molar-refractivity contribution in [2.75, 3.05) is 7.11 Å². The fraction of sp³-hybridized carbons (Fsp3) is 0.360. The minimum atomic E-state index is -0.0558. The fourth-order valence-electron chi connectivity index (χ4n) is 4.12. The summed E-state index contributed by atoms with van der Waals surface area (Å²) in [6.07, 6.45) is 4.38. The molecule has 5 nitrogen and oxygen atoms in total. The summed E-state index contributed by atoms with van der Waals surface area (Å²) in [5.41, 5.74) is 3.28. The summed E-state index contributed by atoms with van der Waals surface area (Å²) in [6, 6.07) is 15.9. The monoisotopic (exact) mass is 436 g/mol. The quantitative estimate of drug-likeness (QED) is 0.694. The van der Waals surface area contributed by atoms with Crippen LogP contribution < -0.4 is 15.4 Å². The van der Waals surface area contributed by atoms with Crippen LogP contribution in [0.4, 0.5) is 0 Å². The van der Waals surface area contributed by atoms with Gasteiger partial charge in [0.1, 0.15) is 5.75 Å². The Balaban J connectivity index is 1.33. The molecular weight excluding hydrogens is 408 g/mol. The van der Waals surface area contributed by atoms with Gasteiger partial charge in [0.05, 0.1) is 12.0 Å². The van der Waals surface area contributed by atoms with Crippen molar-refractivity contribution in [3.8, 4) is 5.75 Å². The summed E-state index contributed by atoms with van der Waals surface area (Å²) in [4.78, 5) is 26.1. The average Bonchev–Trinajstić information content (AvgIpc) is 2.79. The number of methoxy groups -OCH3 is 1. The normalized spacial score (nSPS) is 24.3. The van der Waals surface area contributed by atoms with Gasteiger partial charge in [-0.1, -0.05) is 42.0 Å². The number of amides is 2. The first-order valence-electron chi connectivity index (χ1n) is 10.7. The molecule has 1 saturated heterocycles. The molecule has 4 rings (SSSR count). The molecule has 1 heterocycles. The summed E-state index contributed by atoms with van der Waals surface area (Å²) in [6.45, 7) is 2.59. The van der Waals surface area contributed by atoms with E-state index in [0.717, 1.165) is 34.6 Å². The number of thioether (sulfide) groups is 1. The summed E-state index contributed by atoms with van der Waals surface area (Å²) >= 11 is 1.64. The summed E-state index contributed by atoms with van der Waals surface area (Å²) in [5, 5.41) is 6.52. The molecule has 162 valence electrons. The van der Waals surface area contributed by atoms with E-state index in [1.165, 1.54) is 5.56 Å². The van der Waals surface area contributed by atoms with Crippen LogP contribution in [0.5, 0.6) is 5.75 Å². The number of fused-ring (bicyclic) bond motifs is 1. The highest BCUT2D eigenvalue weighted by atomic mass is 32.2. The Hall–Kier alpha value is -2.73. The highest BCUT2D eigenvalue weighted by Gasteiger charge is 2.39. The Morgan fingerprint density at radius 1 is 1.16 bits per heavy atom. The SMILES string of the molecule is COc1ccc(/C=C2/SC3CCC(C(=O)NCc4ccc(C)cc4)CC3NC2=O)cc1. The van der Waals surface area contributed by atoms with Crippen LogP contribution in [0, 0.1) is 12.8 Å². The number of benzene rings is 2. The minimum Gasteiger partial charge on any atom is -0.497 e. The molecule has 1 aliphatic carbocycles. The van der Waals surface area contributed by atoms with Gasteiger partial charge in [-0.3, -0.25) is 9.59 Å². The molecule has 2 aromatic rings. The van der Waals surface area contributed by atoms with Crippen LogP contribution in [-0.2, 0) is 16.1 Å². The molecule has 0 bridgehead atoms. The van der Waals surface area contributed by atoms with Crippen LogP contribution in [0.25, 0.3) is 6.08 Å². The molecule has 2 N–H and O–H groups in total. The minimum absolute atomic E-state index is 0.0365. The molecule has 31 heavy (non-hydrogen) atoms. The molecule has 6 heteroatoms. The molecule has 3 atom stereocenters. The highest BCUT2D eigenvalue weighted by Crippen LogP contribution is 2.40. The molecule has 0 radical (unpaired) electrons. The van der Waals surface area contributed by atoms with E-state index in [9.17, 15) is 9.59 Å². The van der Waals surface area contributed by atoms with E-state index < -0.39 is 0 Å². The smallest absolute Gasteiger partial charge is 0.257 e. The molecule has 1 saturated carbocycles. The second-order valence-corrected chi connectivity index (χ2v) is 9.51. The molecule has 1 aliphatic heterocycles. The zero-order chi connectivity index (χ0) is 21.8. The number of aryl methyl sites for hydroxylation is 1. The molecule has 0 spiro atoms. The molecular formula is C25H28N2O3S. The number of hydrogen-bond donors (Lipinski definition) is 2. The maximum Gasteiger partial charge on any atom is 0.257 e. The molecule has 2 fully saturated rings. The molecule has 2 aromatic carbocycles. The predicted molar refractivity (Wildman–Crippen MR) is 125 cm³/mol. The number of rotatable bonds is 5. The molecule has 0 aromatic heterocycles. The van der Waals surface area contributed by atoms with E-state index in [2.05, 4.69) is 29.7 Å². The van der Waals surface area contributed by atoms with Gasteiger partial charge < -0.3 is 15.4 Å². The van der Waals surface area contributed by atoms with Crippen LogP contribution >= 0.6 is 11.8 Å². The standard InChI is InChI=1S/C25H28N2O3S/c1-16-3-5-18(6-4-16)15-26-24(28)19-9-12-22-21(14-19)27-25(29)23(31-22)13-17-7-10-20(30-2)11-8-17/h3-8,10-11,13,19,21-22H,9,12,14-15H2,1-2H3,(H,26,28)(H,27,29)/b23-13+. The lowest BCUT2D eigenvalue weighted by atomic mass is 9.84. The van der Waals surface area contributed by atoms with E-state index in [-0.39, 0.29) is 23.8 Å². The first kappa shape index (κ1) is 21.5. The van der Waals surface area contributed by atoms with Gasteiger partial charge in [0.15, 0.2) is 0 Å². The highest BCUT2D eigenvalue weighted by molar-refractivity contribution is 8.04. The third-order valence-electron chi connectivity index (χ3n) is 5.98. The van der Waals surface area contributed by atoms with Gasteiger partial charge in [-0.25, -0.2) is 0 Å². The van der Waals surface area contributed by atoms with E-state index >= 15 is 0 Å².